The van der Waals surface area contributed by atoms with Crippen LogP contribution in [0.2, 0.25) is 0 Å². The van der Waals surface area contributed by atoms with Crippen LogP contribution in [-0.4, -0.2) is 46.0 Å². The van der Waals surface area contributed by atoms with Gasteiger partial charge in [0.2, 0.25) is 0 Å². The van der Waals surface area contributed by atoms with Gasteiger partial charge in [-0.1, -0.05) is 0 Å². The van der Waals surface area contributed by atoms with Crippen LogP contribution < -0.4 is 5.32 Å². The molecule has 1 aliphatic rings. The summed E-state index contributed by atoms with van der Waals surface area (Å²) in [6.07, 6.45) is 2.14. The first-order chi connectivity index (χ1) is 8.99. The van der Waals surface area contributed by atoms with E-state index in [9.17, 15) is 14.7 Å². The van der Waals surface area contributed by atoms with Crippen molar-refractivity contribution in [1.29, 1.82) is 0 Å². The second-order valence-corrected chi connectivity index (χ2v) is 5.64. The number of thiazole rings is 1. The highest BCUT2D eigenvalue weighted by Gasteiger charge is 2.44. The van der Waals surface area contributed by atoms with Crippen molar-refractivity contribution in [2.45, 2.75) is 31.7 Å². The average Bonchev–Trinajstić information content (AvgIpc) is 2.87. The second-order valence-electron chi connectivity index (χ2n) is 4.78. The quantitative estimate of drug-likeness (QED) is 0.881. The van der Waals surface area contributed by atoms with E-state index in [-0.39, 0.29) is 5.91 Å². The number of hydrogen-bond donors (Lipinski definition) is 2. The Morgan fingerprint density at radius 1 is 1.53 bits per heavy atom. The van der Waals surface area contributed by atoms with Crippen LogP contribution >= 0.6 is 11.3 Å². The van der Waals surface area contributed by atoms with E-state index in [0.29, 0.717) is 23.8 Å². The van der Waals surface area contributed by atoms with Crippen LogP contribution in [0.4, 0.5) is 5.13 Å². The van der Waals surface area contributed by atoms with Gasteiger partial charge in [-0.15, -0.1) is 11.3 Å². The lowest BCUT2D eigenvalue weighted by Crippen LogP contribution is -2.57. The van der Waals surface area contributed by atoms with Crippen LogP contribution in [-0.2, 0) is 4.79 Å². The predicted molar refractivity (Wildman–Crippen MR) is 72.6 cm³/mol. The van der Waals surface area contributed by atoms with Gasteiger partial charge < -0.3 is 15.3 Å². The summed E-state index contributed by atoms with van der Waals surface area (Å²) < 4.78 is 0. The highest BCUT2D eigenvalue weighted by molar-refractivity contribution is 7.13. The van der Waals surface area contributed by atoms with Gasteiger partial charge in [-0.05, 0) is 26.2 Å². The molecular formula is C12H17N3O3S. The number of rotatable bonds is 3. The summed E-state index contributed by atoms with van der Waals surface area (Å²) in [5.41, 5.74) is -0.817. The molecule has 7 heteroatoms. The Balaban J connectivity index is 2.27. The minimum absolute atomic E-state index is 0.303. The fourth-order valence-corrected chi connectivity index (χ4v) is 2.94. The lowest BCUT2D eigenvalue weighted by atomic mass is 9.88. The van der Waals surface area contributed by atoms with Crippen molar-refractivity contribution in [3.05, 3.63) is 11.1 Å². The van der Waals surface area contributed by atoms with E-state index in [4.69, 9.17) is 0 Å². The number of aliphatic carboxylic acids is 1. The third-order valence-electron chi connectivity index (χ3n) is 3.53. The van der Waals surface area contributed by atoms with Gasteiger partial charge in [0, 0.05) is 19.0 Å². The summed E-state index contributed by atoms with van der Waals surface area (Å²) in [7, 11) is 1.73. The molecule has 1 fully saturated rings. The van der Waals surface area contributed by atoms with Gasteiger partial charge in [-0.25, -0.2) is 9.78 Å². The number of carboxylic acid groups (broad SMARTS) is 1. The second kappa shape index (κ2) is 5.16. The van der Waals surface area contributed by atoms with E-state index in [1.807, 2.05) is 0 Å². The van der Waals surface area contributed by atoms with Crippen molar-refractivity contribution in [2.24, 2.45) is 0 Å². The first-order valence-electron chi connectivity index (χ1n) is 6.17. The zero-order valence-electron chi connectivity index (χ0n) is 11.0. The summed E-state index contributed by atoms with van der Waals surface area (Å²) in [5.74, 6) is -1.26. The first kappa shape index (κ1) is 13.8. The molecule has 1 saturated heterocycles. The maximum atomic E-state index is 12.4. The van der Waals surface area contributed by atoms with E-state index < -0.39 is 11.5 Å². The predicted octanol–water partition coefficient (Wildman–Crippen LogP) is 1.65. The van der Waals surface area contributed by atoms with E-state index in [0.717, 1.165) is 12.8 Å². The number of nitrogens with zero attached hydrogens (tertiary/aromatic N) is 2. The third kappa shape index (κ3) is 2.42. The molecule has 2 N–H and O–H groups in total. The van der Waals surface area contributed by atoms with Crippen LogP contribution in [0.5, 0.6) is 0 Å². The Kier molecular flexibility index (Phi) is 3.75. The number of carbonyl (C=O) groups excluding carboxylic acids is 1. The van der Waals surface area contributed by atoms with Crippen molar-refractivity contribution >= 4 is 28.3 Å². The van der Waals surface area contributed by atoms with E-state index in [1.165, 1.54) is 16.2 Å². The molecule has 0 aliphatic carbocycles. The Labute approximate surface area is 115 Å². The van der Waals surface area contributed by atoms with Crippen LogP contribution in [0.15, 0.2) is 5.38 Å². The van der Waals surface area contributed by atoms with E-state index >= 15 is 0 Å². The number of carboxylic acids is 1. The maximum Gasteiger partial charge on any atom is 0.329 e. The first-order valence-corrected chi connectivity index (χ1v) is 7.05. The van der Waals surface area contributed by atoms with E-state index in [2.05, 4.69) is 10.3 Å². The number of anilines is 1. The van der Waals surface area contributed by atoms with Crippen LogP contribution in [0.1, 0.15) is 36.7 Å². The number of amides is 1. The minimum Gasteiger partial charge on any atom is -0.480 e. The molecule has 1 aromatic heterocycles. The number of aromatic nitrogens is 1. The monoisotopic (exact) mass is 283 g/mol. The standard InChI is InChI=1S/C12H17N3O3S/c1-12(10(17)18)5-3-4-6-15(12)9(16)8-7-19-11(13-2)14-8/h7H,3-6H2,1-2H3,(H,13,14)(H,17,18)/t12-/m1/s1. The Bertz CT molecular complexity index is 502. The number of likely N-dealkylation sites (tertiary alicyclic amines) is 1. The minimum atomic E-state index is -1.13. The van der Waals surface area contributed by atoms with Gasteiger partial charge in [-0.2, -0.15) is 0 Å². The highest BCUT2D eigenvalue weighted by Crippen LogP contribution is 2.30. The molecule has 0 saturated carbocycles. The van der Waals surface area contributed by atoms with Crippen molar-refractivity contribution in [3.63, 3.8) is 0 Å². The van der Waals surface area contributed by atoms with Crippen molar-refractivity contribution in [3.8, 4) is 0 Å². The molecule has 19 heavy (non-hydrogen) atoms. The fraction of sp³-hybridized carbons (Fsp3) is 0.583. The van der Waals surface area contributed by atoms with Crippen molar-refractivity contribution < 1.29 is 14.7 Å². The summed E-state index contributed by atoms with van der Waals surface area (Å²) in [4.78, 5) is 29.5. The van der Waals surface area contributed by atoms with Gasteiger partial charge in [0.15, 0.2) is 5.13 Å². The zero-order chi connectivity index (χ0) is 14.0. The lowest BCUT2D eigenvalue weighted by molar-refractivity contribution is -0.150. The van der Waals surface area contributed by atoms with Crippen LogP contribution in [0, 0.1) is 0 Å². The topological polar surface area (TPSA) is 82.5 Å². The molecule has 1 aliphatic heterocycles. The lowest BCUT2D eigenvalue weighted by Gasteiger charge is -2.41. The Hall–Kier alpha value is -1.63. The van der Waals surface area contributed by atoms with E-state index in [1.54, 1.807) is 19.4 Å². The molecule has 0 bridgehead atoms. The van der Waals surface area contributed by atoms with Crippen LogP contribution in [0.25, 0.3) is 0 Å². The molecule has 0 aromatic carbocycles. The summed E-state index contributed by atoms with van der Waals surface area (Å²) in [6, 6.07) is 0. The molecule has 1 atom stereocenters. The smallest absolute Gasteiger partial charge is 0.329 e. The summed E-state index contributed by atoms with van der Waals surface area (Å²) >= 11 is 1.33. The number of piperidine rings is 1. The van der Waals surface area contributed by atoms with Gasteiger partial charge >= 0.3 is 5.97 Å². The molecule has 0 unspecified atom stereocenters. The molecule has 104 valence electrons. The van der Waals surface area contributed by atoms with Gasteiger partial charge in [-0.3, -0.25) is 4.79 Å². The largest absolute Gasteiger partial charge is 0.480 e. The molecule has 1 aromatic rings. The third-order valence-corrected chi connectivity index (χ3v) is 4.39. The van der Waals surface area contributed by atoms with Gasteiger partial charge in [0.1, 0.15) is 11.2 Å². The van der Waals surface area contributed by atoms with Crippen molar-refractivity contribution in [1.82, 2.24) is 9.88 Å². The molecule has 1 amide bonds. The number of carbonyl (C=O) groups is 2. The zero-order valence-corrected chi connectivity index (χ0v) is 11.8. The molecule has 0 radical (unpaired) electrons. The fourth-order valence-electron chi connectivity index (χ4n) is 2.29. The SMILES string of the molecule is CNc1nc(C(=O)N2CCCC[C@]2(C)C(=O)O)cs1. The molecular weight excluding hydrogens is 266 g/mol. The van der Waals surface area contributed by atoms with Gasteiger partial charge in [0.25, 0.3) is 5.91 Å². The highest BCUT2D eigenvalue weighted by atomic mass is 32.1. The molecule has 2 heterocycles. The molecule has 6 nitrogen and oxygen atoms in total. The number of hydrogen-bond acceptors (Lipinski definition) is 5. The molecule has 0 spiro atoms. The number of nitrogens with one attached hydrogen (secondary N) is 1. The van der Waals surface area contributed by atoms with Crippen LogP contribution in [0.3, 0.4) is 0 Å². The Morgan fingerprint density at radius 2 is 2.26 bits per heavy atom. The van der Waals surface area contributed by atoms with Gasteiger partial charge in [0.05, 0.1) is 0 Å². The summed E-state index contributed by atoms with van der Waals surface area (Å²) in [5, 5.41) is 14.6. The normalized spacial score (nSPS) is 23.2. The Morgan fingerprint density at radius 3 is 2.84 bits per heavy atom. The average molecular weight is 283 g/mol. The van der Waals surface area contributed by atoms with Crippen molar-refractivity contribution in [2.75, 3.05) is 18.9 Å². The molecule has 2 rings (SSSR count). The maximum absolute atomic E-state index is 12.4. The summed E-state index contributed by atoms with van der Waals surface area (Å²) in [6.45, 7) is 2.08.